The molecule has 1 saturated heterocycles. The van der Waals surface area contributed by atoms with Crippen LogP contribution in [0, 0.1) is 5.82 Å². The molecule has 222 valence electrons. The van der Waals surface area contributed by atoms with Crippen LogP contribution in [0.2, 0.25) is 0 Å². The number of aromatic nitrogens is 3. The molecule has 0 bridgehead atoms. The molecule has 1 fully saturated rings. The molecule has 0 radical (unpaired) electrons. The molecule has 1 aliphatic rings. The van der Waals surface area contributed by atoms with Gasteiger partial charge in [0.15, 0.2) is 23.9 Å². The summed E-state index contributed by atoms with van der Waals surface area (Å²) in [5.41, 5.74) is 0.214. The van der Waals surface area contributed by atoms with Gasteiger partial charge in [-0.15, -0.1) is 0 Å². The first-order valence-corrected chi connectivity index (χ1v) is 13.6. The lowest BCUT2D eigenvalue weighted by Gasteiger charge is -2.37. The number of nitrogens with zero attached hydrogens (tertiary/aromatic N) is 2. The van der Waals surface area contributed by atoms with E-state index in [1.807, 2.05) is 78.9 Å². The molecule has 11 heteroatoms. The van der Waals surface area contributed by atoms with Gasteiger partial charge in [0.2, 0.25) is 0 Å². The number of benzene rings is 3. The van der Waals surface area contributed by atoms with Gasteiger partial charge in [-0.3, -0.25) is 4.79 Å². The Morgan fingerprint density at radius 1 is 0.953 bits per heavy atom. The molecule has 3 heterocycles. The zero-order chi connectivity index (χ0) is 30.1. The number of nitrogens with one attached hydrogen (secondary N) is 1. The van der Waals surface area contributed by atoms with E-state index >= 15 is 4.39 Å². The maximum absolute atomic E-state index is 15.7. The Bertz CT molecular complexity index is 1710. The lowest BCUT2D eigenvalue weighted by molar-refractivity contribution is -0.0893. The highest BCUT2D eigenvalue weighted by Gasteiger charge is 2.48. The second-order valence-corrected chi connectivity index (χ2v) is 10.1. The average molecular weight is 590 g/mol. The van der Waals surface area contributed by atoms with Crippen molar-refractivity contribution in [2.24, 2.45) is 0 Å². The highest BCUT2D eigenvalue weighted by molar-refractivity contribution is 5.75. The van der Waals surface area contributed by atoms with Crippen molar-refractivity contribution >= 4 is 11.0 Å². The van der Waals surface area contributed by atoms with Gasteiger partial charge in [-0.05, 0) is 41.0 Å². The zero-order valence-corrected chi connectivity index (χ0v) is 23.3. The van der Waals surface area contributed by atoms with Gasteiger partial charge in [0.05, 0.1) is 27.2 Å². The molecule has 4 atom stereocenters. The van der Waals surface area contributed by atoms with E-state index in [1.54, 1.807) is 14.2 Å². The van der Waals surface area contributed by atoms with Crippen molar-refractivity contribution in [2.45, 2.75) is 30.2 Å². The first-order valence-electron chi connectivity index (χ1n) is 13.6. The van der Waals surface area contributed by atoms with Crippen LogP contribution < -0.4 is 15.0 Å². The largest absolute Gasteiger partial charge is 0.497 e. The molecular weight excluding hydrogens is 560 g/mol. The quantitative estimate of drug-likeness (QED) is 0.244. The van der Waals surface area contributed by atoms with E-state index in [9.17, 15) is 14.3 Å². The lowest BCUT2D eigenvalue weighted by Crippen LogP contribution is -2.38. The number of rotatable bonds is 9. The fourth-order valence-corrected chi connectivity index (χ4v) is 5.60. The Balaban J connectivity index is 1.40. The second-order valence-electron chi connectivity index (χ2n) is 10.1. The van der Waals surface area contributed by atoms with Crippen LogP contribution in [0.3, 0.4) is 0 Å². The Morgan fingerprint density at radius 3 is 2.12 bits per heavy atom. The maximum Gasteiger partial charge on any atom is 0.263 e. The number of methoxy groups -OCH3 is 2. The van der Waals surface area contributed by atoms with Gasteiger partial charge in [0.1, 0.15) is 34.7 Å². The molecule has 0 aliphatic carbocycles. The number of hydrogen-bond acceptors (Lipinski definition) is 7. The highest BCUT2D eigenvalue weighted by atomic mass is 19.1. The summed E-state index contributed by atoms with van der Waals surface area (Å²) in [6.45, 7) is -0.294. The molecule has 1 aliphatic heterocycles. The normalized spacial score (nSPS) is 20.4. The smallest absolute Gasteiger partial charge is 0.263 e. The summed E-state index contributed by atoms with van der Waals surface area (Å²) in [7, 11) is 3.15. The zero-order valence-electron chi connectivity index (χ0n) is 23.3. The predicted octanol–water partition coefficient (Wildman–Crippen LogP) is 4.49. The van der Waals surface area contributed by atoms with Crippen molar-refractivity contribution in [1.29, 1.82) is 0 Å². The Morgan fingerprint density at radius 2 is 1.53 bits per heavy atom. The summed E-state index contributed by atoms with van der Waals surface area (Å²) in [5, 5.41) is 10.6. The van der Waals surface area contributed by atoms with Crippen molar-refractivity contribution in [3.63, 3.8) is 0 Å². The summed E-state index contributed by atoms with van der Waals surface area (Å²) in [6, 6.07) is 24.2. The minimum atomic E-state index is -1.90. The molecule has 5 aromatic rings. The van der Waals surface area contributed by atoms with E-state index in [2.05, 4.69) is 9.97 Å². The van der Waals surface area contributed by atoms with Crippen LogP contribution in [-0.2, 0) is 15.1 Å². The third kappa shape index (κ3) is 4.95. The minimum absolute atomic E-state index is 0.0748. The molecule has 2 N–H and O–H groups in total. The number of hydrogen-bond donors (Lipinski definition) is 2. The van der Waals surface area contributed by atoms with Crippen LogP contribution in [0.15, 0.2) is 96.2 Å². The standard InChI is InChI=1S/C32H29F2N3O6/c1-40-22-12-8-20(9-13-22)32(19-6-4-3-5-7-19,21-10-14-23(41-2)15-11-21)42-17-25-27(34)28(38)31(43-25)37-16-24(33)26-29(37)35-18-36-30(26)39/h3-16,18,25,27-28,31,38H,17H2,1-2H3,(H,35,36,39)/t25-,27?,28-,31-/m1/s1. The predicted molar refractivity (Wildman–Crippen MR) is 153 cm³/mol. The maximum atomic E-state index is 15.7. The summed E-state index contributed by atoms with van der Waals surface area (Å²) in [6.07, 6.45) is -4.10. The van der Waals surface area contributed by atoms with Crippen LogP contribution in [0.5, 0.6) is 11.5 Å². The fraction of sp³-hybridized carbons (Fsp3) is 0.250. The molecule has 1 unspecified atom stereocenters. The van der Waals surface area contributed by atoms with E-state index in [-0.39, 0.29) is 17.6 Å². The van der Waals surface area contributed by atoms with E-state index < -0.39 is 41.6 Å². The van der Waals surface area contributed by atoms with Gasteiger partial charge >= 0.3 is 0 Å². The number of halogens is 2. The van der Waals surface area contributed by atoms with Gasteiger partial charge < -0.3 is 33.6 Å². The summed E-state index contributed by atoms with van der Waals surface area (Å²) >= 11 is 0. The number of aromatic amines is 1. The number of H-pyrrole nitrogens is 1. The monoisotopic (exact) mass is 589 g/mol. The number of aliphatic hydroxyl groups is 1. The second kappa shape index (κ2) is 11.6. The molecule has 2 aromatic heterocycles. The van der Waals surface area contributed by atoms with Gasteiger partial charge in [-0.2, -0.15) is 0 Å². The van der Waals surface area contributed by atoms with Gasteiger partial charge in [0.25, 0.3) is 5.56 Å². The average Bonchev–Trinajstić information content (AvgIpc) is 3.54. The number of ether oxygens (including phenoxy) is 4. The van der Waals surface area contributed by atoms with Gasteiger partial charge in [-0.25, -0.2) is 13.8 Å². The van der Waals surface area contributed by atoms with Gasteiger partial charge in [0, 0.05) is 6.20 Å². The summed E-state index contributed by atoms with van der Waals surface area (Å²) < 4.78 is 54.9. The van der Waals surface area contributed by atoms with E-state index in [0.29, 0.717) is 11.5 Å². The van der Waals surface area contributed by atoms with Crippen molar-refractivity contribution in [2.75, 3.05) is 20.8 Å². The van der Waals surface area contributed by atoms with Crippen molar-refractivity contribution in [1.82, 2.24) is 14.5 Å². The summed E-state index contributed by atoms with van der Waals surface area (Å²) in [5.74, 6) is 0.429. The van der Waals surface area contributed by atoms with E-state index in [0.717, 1.165) is 33.8 Å². The Labute approximate surface area is 245 Å². The number of fused-ring (bicyclic) bond motifs is 1. The first kappa shape index (κ1) is 28.5. The third-order valence-electron chi connectivity index (χ3n) is 7.77. The minimum Gasteiger partial charge on any atom is -0.497 e. The van der Waals surface area contributed by atoms with Crippen LogP contribution in [0.25, 0.3) is 11.0 Å². The van der Waals surface area contributed by atoms with Crippen molar-refractivity contribution < 1.29 is 32.8 Å². The topological polar surface area (TPSA) is 108 Å². The fourth-order valence-electron chi connectivity index (χ4n) is 5.60. The van der Waals surface area contributed by atoms with Crippen molar-refractivity contribution in [3.8, 4) is 11.5 Å². The number of alkyl halides is 1. The Kier molecular flexibility index (Phi) is 7.70. The van der Waals surface area contributed by atoms with Crippen LogP contribution >= 0.6 is 0 Å². The molecule has 9 nitrogen and oxygen atoms in total. The molecular formula is C32H29F2N3O6. The van der Waals surface area contributed by atoms with Crippen LogP contribution in [-0.4, -0.2) is 58.8 Å². The molecule has 43 heavy (non-hydrogen) atoms. The SMILES string of the molecule is COc1ccc(C(OC[C@H]2O[C@@H](n3cc(F)c4c(=O)[nH]cnc43)[C@H](O)C2F)(c2ccccc2)c2ccc(OC)cc2)cc1. The molecule has 0 saturated carbocycles. The first-order chi connectivity index (χ1) is 20.9. The van der Waals surface area contributed by atoms with E-state index in [4.69, 9.17) is 18.9 Å². The lowest BCUT2D eigenvalue weighted by atomic mass is 9.80. The van der Waals surface area contributed by atoms with Gasteiger partial charge in [-0.1, -0.05) is 54.6 Å². The number of aliphatic hydroxyl groups excluding tert-OH is 1. The van der Waals surface area contributed by atoms with Crippen molar-refractivity contribution in [3.05, 3.63) is 124 Å². The summed E-state index contributed by atoms with van der Waals surface area (Å²) in [4.78, 5) is 18.5. The van der Waals surface area contributed by atoms with Crippen LogP contribution in [0.4, 0.5) is 8.78 Å². The highest BCUT2D eigenvalue weighted by Crippen LogP contribution is 2.43. The van der Waals surface area contributed by atoms with Crippen LogP contribution in [0.1, 0.15) is 22.9 Å². The Hall–Kier alpha value is -4.58. The molecule has 3 aromatic carbocycles. The molecule has 0 amide bonds. The third-order valence-corrected chi connectivity index (χ3v) is 7.77. The molecule has 6 rings (SSSR count). The van der Waals surface area contributed by atoms with E-state index in [1.165, 1.54) is 0 Å². The molecule has 0 spiro atoms.